The zero-order chi connectivity index (χ0) is 23.7. The van der Waals surface area contributed by atoms with Gasteiger partial charge in [-0.05, 0) is 48.9 Å². The van der Waals surface area contributed by atoms with Crippen LogP contribution in [-0.2, 0) is 6.18 Å². The molecule has 174 valence electrons. The number of ether oxygens (including phenoxy) is 1. The number of amides is 3. The summed E-state index contributed by atoms with van der Waals surface area (Å²) >= 11 is 0. The number of nitrogens with one attached hydrogen (secondary N) is 4. The minimum Gasteiger partial charge on any atom is -0.496 e. The van der Waals surface area contributed by atoms with E-state index >= 15 is 0 Å². The van der Waals surface area contributed by atoms with Gasteiger partial charge in [-0.25, -0.2) is 4.79 Å². The third kappa shape index (κ3) is 7.77. The molecule has 2 aromatic rings. The van der Waals surface area contributed by atoms with Crippen molar-refractivity contribution in [3.8, 4) is 5.75 Å². The molecule has 0 aliphatic carbocycles. The molecule has 0 saturated heterocycles. The van der Waals surface area contributed by atoms with Crippen molar-refractivity contribution in [3.63, 3.8) is 0 Å². The highest BCUT2D eigenvalue weighted by Gasteiger charge is 2.30. The van der Waals surface area contributed by atoms with E-state index in [1.807, 2.05) is 0 Å². The quantitative estimate of drug-likeness (QED) is 0.426. The van der Waals surface area contributed by atoms with Crippen LogP contribution in [0.5, 0.6) is 5.75 Å². The zero-order valence-electron chi connectivity index (χ0n) is 18.1. The highest BCUT2D eigenvalue weighted by atomic mass is 19.4. The molecule has 0 aliphatic heterocycles. The predicted molar refractivity (Wildman–Crippen MR) is 117 cm³/mol. The molecule has 4 N–H and O–H groups in total. The molecule has 0 spiro atoms. The lowest BCUT2D eigenvalue weighted by atomic mass is 10.1. The van der Waals surface area contributed by atoms with Crippen LogP contribution >= 0.6 is 0 Å². The number of carbonyl (C=O) groups is 2. The van der Waals surface area contributed by atoms with Gasteiger partial charge in [-0.15, -0.1) is 0 Å². The van der Waals surface area contributed by atoms with E-state index in [9.17, 15) is 22.8 Å². The number of methoxy groups -OCH3 is 1. The van der Waals surface area contributed by atoms with E-state index in [-0.39, 0.29) is 17.3 Å². The van der Waals surface area contributed by atoms with Crippen molar-refractivity contribution in [3.05, 3.63) is 53.6 Å². The van der Waals surface area contributed by atoms with Gasteiger partial charge in [0.15, 0.2) is 0 Å². The first kappa shape index (κ1) is 25.0. The van der Waals surface area contributed by atoms with Crippen LogP contribution < -0.4 is 26.0 Å². The summed E-state index contributed by atoms with van der Waals surface area (Å²) in [5, 5.41) is 11.0. The summed E-state index contributed by atoms with van der Waals surface area (Å²) in [5.74, 6) is 0.473. The zero-order valence-corrected chi connectivity index (χ0v) is 18.1. The molecule has 0 aromatic heterocycles. The van der Waals surface area contributed by atoms with Crippen LogP contribution in [0.3, 0.4) is 0 Å². The normalized spacial score (nSPS) is 11.2. The Morgan fingerprint density at radius 1 is 0.969 bits per heavy atom. The molecule has 2 aromatic carbocycles. The Morgan fingerprint density at radius 2 is 1.59 bits per heavy atom. The number of urea groups is 1. The number of rotatable bonds is 9. The Bertz CT molecular complexity index is 916. The second kappa shape index (κ2) is 11.4. The van der Waals surface area contributed by atoms with Crippen molar-refractivity contribution in [1.29, 1.82) is 0 Å². The monoisotopic (exact) mass is 452 g/mol. The van der Waals surface area contributed by atoms with Crippen LogP contribution in [0.25, 0.3) is 0 Å². The van der Waals surface area contributed by atoms with Crippen LogP contribution in [-0.4, -0.2) is 38.7 Å². The Morgan fingerprint density at radius 3 is 2.19 bits per heavy atom. The summed E-state index contributed by atoms with van der Waals surface area (Å²) < 4.78 is 43.1. The highest BCUT2D eigenvalue weighted by Crippen LogP contribution is 2.30. The predicted octanol–water partition coefficient (Wildman–Crippen LogP) is 4.33. The van der Waals surface area contributed by atoms with Crippen LogP contribution in [0, 0.1) is 5.92 Å². The lowest BCUT2D eigenvalue weighted by molar-refractivity contribution is -0.137. The maximum atomic E-state index is 12.6. The summed E-state index contributed by atoms with van der Waals surface area (Å²) in [7, 11) is 1.41. The molecule has 0 heterocycles. The van der Waals surface area contributed by atoms with Gasteiger partial charge in [0.05, 0.1) is 18.2 Å². The van der Waals surface area contributed by atoms with Crippen molar-refractivity contribution in [1.82, 2.24) is 10.6 Å². The molecule has 0 aliphatic rings. The Hall–Kier alpha value is -3.27. The standard InChI is InChI=1S/C22H27F3N4O3/c1-14(2)13-26-10-11-27-20(30)18-9-8-17(12-19(18)32-3)29-21(31)28-16-6-4-15(5-7-16)22(23,24)25/h4-9,12,14,26H,10-11,13H2,1-3H3,(H,27,30)(H2,28,29,31). The fourth-order valence-corrected chi connectivity index (χ4v) is 2.74. The Labute approximate surface area is 184 Å². The molecule has 0 bridgehead atoms. The van der Waals surface area contributed by atoms with Gasteiger partial charge in [0.25, 0.3) is 5.91 Å². The van der Waals surface area contributed by atoms with Gasteiger partial charge in [-0.2, -0.15) is 13.2 Å². The molecule has 0 radical (unpaired) electrons. The molecule has 32 heavy (non-hydrogen) atoms. The fraction of sp³-hybridized carbons (Fsp3) is 0.364. The summed E-state index contributed by atoms with van der Waals surface area (Å²) in [6.45, 7) is 6.12. The first-order chi connectivity index (χ1) is 15.1. The van der Waals surface area contributed by atoms with Crippen molar-refractivity contribution in [2.45, 2.75) is 20.0 Å². The molecule has 0 fully saturated rings. The molecule has 0 unspecified atom stereocenters. The molecular weight excluding hydrogens is 425 g/mol. The van der Waals surface area contributed by atoms with Gasteiger partial charge >= 0.3 is 12.2 Å². The molecule has 10 heteroatoms. The number of hydrogen-bond acceptors (Lipinski definition) is 4. The van der Waals surface area contributed by atoms with Crippen LogP contribution in [0.1, 0.15) is 29.8 Å². The van der Waals surface area contributed by atoms with Gasteiger partial charge in [0, 0.05) is 30.5 Å². The number of hydrogen-bond donors (Lipinski definition) is 4. The van der Waals surface area contributed by atoms with E-state index in [2.05, 4.69) is 35.1 Å². The van der Waals surface area contributed by atoms with Gasteiger partial charge in [0.2, 0.25) is 0 Å². The maximum absolute atomic E-state index is 12.6. The number of carbonyl (C=O) groups excluding carboxylic acids is 2. The first-order valence-electron chi connectivity index (χ1n) is 10.0. The van der Waals surface area contributed by atoms with Crippen LogP contribution in [0.15, 0.2) is 42.5 Å². The Kier molecular flexibility index (Phi) is 8.89. The van der Waals surface area contributed by atoms with E-state index in [1.54, 1.807) is 0 Å². The average molecular weight is 452 g/mol. The van der Waals surface area contributed by atoms with Crippen molar-refractivity contribution in [2.75, 3.05) is 37.4 Å². The van der Waals surface area contributed by atoms with E-state index < -0.39 is 17.8 Å². The molecule has 0 saturated carbocycles. The topological polar surface area (TPSA) is 91.5 Å². The minimum absolute atomic E-state index is 0.199. The van der Waals surface area contributed by atoms with Crippen molar-refractivity contribution >= 4 is 23.3 Å². The molecule has 0 atom stereocenters. The number of benzene rings is 2. The van der Waals surface area contributed by atoms with E-state index in [1.165, 1.54) is 25.3 Å². The second-order valence-corrected chi connectivity index (χ2v) is 7.42. The van der Waals surface area contributed by atoms with Crippen LogP contribution in [0.2, 0.25) is 0 Å². The molecule has 2 rings (SSSR count). The van der Waals surface area contributed by atoms with E-state index in [4.69, 9.17) is 4.74 Å². The van der Waals surface area contributed by atoms with Crippen molar-refractivity contribution < 1.29 is 27.5 Å². The summed E-state index contributed by atoms with van der Waals surface area (Å²) in [6, 6.07) is 7.95. The fourth-order valence-electron chi connectivity index (χ4n) is 2.74. The summed E-state index contributed by atoms with van der Waals surface area (Å²) in [4.78, 5) is 24.6. The average Bonchev–Trinajstić information content (AvgIpc) is 2.72. The first-order valence-corrected chi connectivity index (χ1v) is 10.0. The Balaban J connectivity index is 1.93. The van der Waals surface area contributed by atoms with Gasteiger partial charge < -0.3 is 26.0 Å². The third-order valence-electron chi connectivity index (χ3n) is 4.31. The maximum Gasteiger partial charge on any atom is 0.416 e. The largest absolute Gasteiger partial charge is 0.496 e. The lowest BCUT2D eigenvalue weighted by Crippen LogP contribution is -2.33. The number of anilines is 2. The smallest absolute Gasteiger partial charge is 0.416 e. The summed E-state index contributed by atoms with van der Waals surface area (Å²) in [6.07, 6.45) is -4.45. The van der Waals surface area contributed by atoms with E-state index in [0.717, 1.165) is 30.8 Å². The van der Waals surface area contributed by atoms with E-state index in [0.29, 0.717) is 30.3 Å². The third-order valence-corrected chi connectivity index (χ3v) is 4.31. The van der Waals surface area contributed by atoms with Gasteiger partial charge in [-0.3, -0.25) is 4.79 Å². The number of halogens is 3. The molecule has 3 amide bonds. The lowest BCUT2D eigenvalue weighted by Gasteiger charge is -2.13. The molecule has 7 nitrogen and oxygen atoms in total. The van der Waals surface area contributed by atoms with Crippen molar-refractivity contribution in [2.24, 2.45) is 5.92 Å². The van der Waals surface area contributed by atoms with Gasteiger partial charge in [0.1, 0.15) is 5.75 Å². The van der Waals surface area contributed by atoms with Gasteiger partial charge in [-0.1, -0.05) is 13.8 Å². The summed E-state index contributed by atoms with van der Waals surface area (Å²) in [5.41, 5.74) is 0.0498. The SMILES string of the molecule is COc1cc(NC(=O)Nc2ccc(C(F)(F)F)cc2)ccc1C(=O)NCCNCC(C)C. The number of alkyl halides is 3. The van der Waals surface area contributed by atoms with Crippen LogP contribution in [0.4, 0.5) is 29.3 Å². The minimum atomic E-state index is -4.45. The highest BCUT2D eigenvalue weighted by molar-refractivity contribution is 6.01. The molecular formula is C22H27F3N4O3. The second-order valence-electron chi connectivity index (χ2n) is 7.42.